The Morgan fingerprint density at radius 2 is 2.08 bits per heavy atom. The van der Waals surface area contributed by atoms with Crippen LogP contribution in [0, 0.1) is 5.92 Å². The van der Waals surface area contributed by atoms with Crippen LogP contribution in [-0.4, -0.2) is 39.8 Å². The van der Waals surface area contributed by atoms with Gasteiger partial charge in [-0.2, -0.15) is 4.98 Å². The van der Waals surface area contributed by atoms with Gasteiger partial charge in [0, 0.05) is 42.5 Å². The van der Waals surface area contributed by atoms with E-state index in [9.17, 15) is 4.79 Å². The Bertz CT molecular complexity index is 730. The second kappa shape index (κ2) is 8.25. The number of piperidine rings is 1. The van der Waals surface area contributed by atoms with Gasteiger partial charge in [0.05, 0.1) is 0 Å². The average Bonchev–Trinajstić information content (AvgIpc) is 3.42. The zero-order chi connectivity index (χ0) is 17.8. The van der Waals surface area contributed by atoms with Crippen molar-refractivity contribution in [1.29, 1.82) is 0 Å². The minimum atomic E-state index is 0.266. The molecule has 138 valence electrons. The Hall–Kier alpha value is -1.82. The van der Waals surface area contributed by atoms with E-state index in [1.165, 1.54) is 17.7 Å². The number of nitrogens with zero attached hydrogens (tertiary/aromatic N) is 3. The van der Waals surface area contributed by atoms with E-state index in [2.05, 4.69) is 22.3 Å². The van der Waals surface area contributed by atoms with Crippen molar-refractivity contribution in [1.82, 2.24) is 15.0 Å². The van der Waals surface area contributed by atoms with E-state index in [0.717, 1.165) is 49.8 Å². The lowest BCUT2D eigenvalue weighted by Crippen LogP contribution is -2.40. The van der Waals surface area contributed by atoms with E-state index in [0.29, 0.717) is 18.3 Å². The first-order chi connectivity index (χ1) is 12.8. The largest absolute Gasteiger partial charge is 0.342 e. The molecule has 4 rings (SSSR count). The van der Waals surface area contributed by atoms with Crippen molar-refractivity contribution in [3.8, 4) is 0 Å². The van der Waals surface area contributed by atoms with Gasteiger partial charge in [0.15, 0.2) is 5.82 Å². The number of carbonyl (C=O) groups is 1. The second-order valence-corrected chi connectivity index (χ2v) is 8.45. The van der Waals surface area contributed by atoms with Crippen molar-refractivity contribution >= 4 is 17.7 Å². The summed E-state index contributed by atoms with van der Waals surface area (Å²) in [6.45, 7) is 1.69. The summed E-state index contributed by atoms with van der Waals surface area (Å²) < 4.78 is 5.41. The summed E-state index contributed by atoms with van der Waals surface area (Å²) in [4.78, 5) is 20.3. The van der Waals surface area contributed by atoms with Gasteiger partial charge in [-0.05, 0) is 43.7 Å². The van der Waals surface area contributed by atoms with Gasteiger partial charge < -0.3 is 9.42 Å². The fourth-order valence-corrected chi connectivity index (χ4v) is 4.36. The normalized spacial score (nSPS) is 20.3. The van der Waals surface area contributed by atoms with Crippen LogP contribution in [0.15, 0.2) is 39.8 Å². The first-order valence-corrected chi connectivity index (χ1v) is 10.5. The first kappa shape index (κ1) is 17.6. The van der Waals surface area contributed by atoms with Crippen LogP contribution in [-0.2, 0) is 11.2 Å². The van der Waals surface area contributed by atoms with Crippen molar-refractivity contribution in [2.24, 2.45) is 5.92 Å². The lowest BCUT2D eigenvalue weighted by Gasteiger charge is -2.32. The van der Waals surface area contributed by atoms with Gasteiger partial charge in [-0.25, -0.2) is 0 Å². The monoisotopic (exact) mass is 371 g/mol. The Labute approximate surface area is 158 Å². The summed E-state index contributed by atoms with van der Waals surface area (Å²) in [6.07, 6.45) is 5.95. The third kappa shape index (κ3) is 4.67. The molecule has 1 atom stereocenters. The predicted octanol–water partition coefficient (Wildman–Crippen LogP) is 3.91. The molecule has 2 aliphatic rings. The number of thioether (sulfide) groups is 1. The third-order valence-corrected chi connectivity index (χ3v) is 6.10. The standard InChI is InChI=1S/C20H25N3O2S/c24-19(10-12-26-17-6-2-1-3-7-17)23-11-4-5-15(14-23)13-18-21-20(22-25-18)16-8-9-16/h1-3,6-7,15-16H,4-5,8-14H2/t15-/m0/s1. The van der Waals surface area contributed by atoms with Crippen LogP contribution >= 0.6 is 11.8 Å². The molecule has 6 heteroatoms. The lowest BCUT2D eigenvalue weighted by molar-refractivity contribution is -0.132. The van der Waals surface area contributed by atoms with Crippen molar-refractivity contribution in [3.63, 3.8) is 0 Å². The van der Waals surface area contributed by atoms with Crippen LogP contribution in [0.3, 0.4) is 0 Å². The van der Waals surface area contributed by atoms with E-state index < -0.39 is 0 Å². The Morgan fingerprint density at radius 3 is 2.88 bits per heavy atom. The fraction of sp³-hybridized carbons (Fsp3) is 0.550. The topological polar surface area (TPSA) is 59.2 Å². The van der Waals surface area contributed by atoms with Crippen LogP contribution in [0.1, 0.15) is 49.7 Å². The molecule has 1 saturated heterocycles. The molecule has 1 aliphatic heterocycles. The average molecular weight is 372 g/mol. The zero-order valence-corrected chi connectivity index (χ0v) is 15.8. The number of rotatable bonds is 7. The maximum Gasteiger partial charge on any atom is 0.226 e. The van der Waals surface area contributed by atoms with Crippen LogP contribution in [0.4, 0.5) is 0 Å². The minimum Gasteiger partial charge on any atom is -0.342 e. The Kier molecular flexibility index (Phi) is 5.58. The number of hydrogen-bond acceptors (Lipinski definition) is 5. The van der Waals surface area contributed by atoms with Crippen molar-refractivity contribution < 1.29 is 9.32 Å². The summed E-state index contributed by atoms with van der Waals surface area (Å²) in [5.74, 6) is 3.68. The SMILES string of the molecule is O=C(CCSc1ccccc1)N1CCC[C@@H](Cc2nc(C3CC3)no2)C1. The van der Waals surface area contributed by atoms with Crippen LogP contribution in [0.5, 0.6) is 0 Å². The van der Waals surface area contributed by atoms with E-state index in [1.807, 2.05) is 23.1 Å². The molecule has 1 aromatic carbocycles. The smallest absolute Gasteiger partial charge is 0.226 e. The summed E-state index contributed by atoms with van der Waals surface area (Å²) >= 11 is 1.75. The number of aromatic nitrogens is 2. The number of hydrogen-bond donors (Lipinski definition) is 0. The molecule has 5 nitrogen and oxygen atoms in total. The van der Waals surface area contributed by atoms with Gasteiger partial charge in [0.1, 0.15) is 0 Å². The van der Waals surface area contributed by atoms with Crippen LogP contribution in [0.2, 0.25) is 0 Å². The third-order valence-electron chi connectivity index (χ3n) is 5.09. The highest BCUT2D eigenvalue weighted by Gasteiger charge is 2.30. The van der Waals surface area contributed by atoms with Gasteiger partial charge in [-0.3, -0.25) is 4.79 Å². The molecule has 2 heterocycles. The number of benzene rings is 1. The molecule has 1 aromatic heterocycles. The Morgan fingerprint density at radius 1 is 1.23 bits per heavy atom. The maximum atomic E-state index is 12.5. The van der Waals surface area contributed by atoms with E-state index in [4.69, 9.17) is 4.52 Å². The van der Waals surface area contributed by atoms with Gasteiger partial charge in [0.25, 0.3) is 0 Å². The molecule has 0 unspecified atom stereocenters. The van der Waals surface area contributed by atoms with Crippen molar-refractivity contribution in [2.75, 3.05) is 18.8 Å². The molecule has 0 N–H and O–H groups in total. The molecule has 2 fully saturated rings. The summed E-state index contributed by atoms with van der Waals surface area (Å²) in [5, 5.41) is 4.10. The van der Waals surface area contributed by atoms with Gasteiger partial charge in [0.2, 0.25) is 11.8 Å². The molecule has 2 aromatic rings. The van der Waals surface area contributed by atoms with Gasteiger partial charge in [-0.1, -0.05) is 23.4 Å². The van der Waals surface area contributed by atoms with Crippen molar-refractivity contribution in [2.45, 2.75) is 49.3 Å². The highest BCUT2D eigenvalue weighted by atomic mass is 32.2. The summed E-state index contributed by atoms with van der Waals surface area (Å²) in [5.41, 5.74) is 0. The van der Waals surface area contributed by atoms with Gasteiger partial charge in [-0.15, -0.1) is 11.8 Å². The minimum absolute atomic E-state index is 0.266. The lowest BCUT2D eigenvalue weighted by atomic mass is 9.94. The molecule has 26 heavy (non-hydrogen) atoms. The molecular formula is C20H25N3O2S. The summed E-state index contributed by atoms with van der Waals surface area (Å²) in [6, 6.07) is 10.3. The number of amides is 1. The van der Waals surface area contributed by atoms with E-state index >= 15 is 0 Å². The highest BCUT2D eigenvalue weighted by molar-refractivity contribution is 7.99. The molecule has 1 amide bonds. The molecule has 0 radical (unpaired) electrons. The van der Waals surface area contributed by atoms with E-state index in [-0.39, 0.29) is 5.91 Å². The quantitative estimate of drug-likeness (QED) is 0.691. The van der Waals surface area contributed by atoms with E-state index in [1.54, 1.807) is 11.8 Å². The Balaban J connectivity index is 1.23. The predicted molar refractivity (Wildman–Crippen MR) is 101 cm³/mol. The second-order valence-electron chi connectivity index (χ2n) is 7.28. The van der Waals surface area contributed by atoms with Crippen LogP contribution < -0.4 is 0 Å². The molecule has 0 spiro atoms. The summed E-state index contributed by atoms with van der Waals surface area (Å²) in [7, 11) is 0. The maximum absolute atomic E-state index is 12.5. The molecule has 1 saturated carbocycles. The van der Waals surface area contributed by atoms with Gasteiger partial charge >= 0.3 is 0 Å². The number of likely N-dealkylation sites (tertiary alicyclic amines) is 1. The fourth-order valence-electron chi connectivity index (χ4n) is 3.49. The van der Waals surface area contributed by atoms with Crippen molar-refractivity contribution in [3.05, 3.63) is 42.0 Å². The molecule has 1 aliphatic carbocycles. The first-order valence-electron chi connectivity index (χ1n) is 9.56. The van der Waals surface area contributed by atoms with Crippen LogP contribution in [0.25, 0.3) is 0 Å². The zero-order valence-electron chi connectivity index (χ0n) is 15.0. The number of carbonyl (C=O) groups excluding carboxylic acids is 1. The molecule has 0 bridgehead atoms. The molecular weight excluding hydrogens is 346 g/mol. The highest BCUT2D eigenvalue weighted by Crippen LogP contribution is 2.38.